The highest BCUT2D eigenvalue weighted by Crippen LogP contribution is 2.30. The van der Waals surface area contributed by atoms with Gasteiger partial charge in [0.1, 0.15) is 22.8 Å². The number of hydrogen-bond donors (Lipinski definition) is 2. The average molecular weight is 562 g/mol. The van der Waals surface area contributed by atoms with Crippen LogP contribution in [0.4, 0.5) is 9.18 Å². The predicted octanol–water partition coefficient (Wildman–Crippen LogP) is 5.22. The van der Waals surface area contributed by atoms with E-state index in [0.29, 0.717) is 59.1 Å². The van der Waals surface area contributed by atoms with Crippen LogP contribution in [0.2, 0.25) is 0 Å². The first-order chi connectivity index (χ1) is 19.5. The topological polar surface area (TPSA) is 139 Å². The number of benzene rings is 1. The summed E-state index contributed by atoms with van der Waals surface area (Å²) in [7, 11) is 0. The van der Waals surface area contributed by atoms with E-state index in [4.69, 9.17) is 14.1 Å². The number of ether oxygens (including phenoxy) is 1. The average Bonchev–Trinajstić information content (AvgIpc) is 3.59. The SMILES string of the molecule is CC(C)c1nnc(C(=O)NCc2ccc(-c3ccnc4[nH]c(C5=CCN(C(=O)OC(C)(C)C)CC5)nc34)cc2F)o1. The number of fused-ring (bicyclic) bond motifs is 1. The lowest BCUT2D eigenvalue weighted by atomic mass is 10.0. The smallest absolute Gasteiger partial charge is 0.410 e. The summed E-state index contributed by atoms with van der Waals surface area (Å²) in [6.07, 6.45) is 3.85. The first-order valence-electron chi connectivity index (χ1n) is 13.4. The Balaban J connectivity index is 1.30. The van der Waals surface area contributed by atoms with Gasteiger partial charge in [0.05, 0.1) is 0 Å². The Kier molecular flexibility index (Phi) is 7.57. The first-order valence-corrected chi connectivity index (χ1v) is 13.4. The summed E-state index contributed by atoms with van der Waals surface area (Å²) in [6, 6.07) is 6.58. The van der Waals surface area contributed by atoms with Gasteiger partial charge in [-0.2, -0.15) is 0 Å². The molecule has 0 fully saturated rings. The summed E-state index contributed by atoms with van der Waals surface area (Å²) in [4.78, 5) is 38.8. The zero-order chi connectivity index (χ0) is 29.3. The molecule has 2 amide bonds. The van der Waals surface area contributed by atoms with Gasteiger partial charge in [-0.05, 0) is 50.5 Å². The maximum Gasteiger partial charge on any atom is 0.410 e. The number of amides is 2. The van der Waals surface area contributed by atoms with Gasteiger partial charge in [-0.3, -0.25) is 4.79 Å². The molecule has 1 aliphatic rings. The van der Waals surface area contributed by atoms with Crippen molar-refractivity contribution in [2.24, 2.45) is 0 Å². The Hall–Kier alpha value is -4.61. The number of nitrogens with zero attached hydrogens (tertiary/aromatic N) is 5. The molecule has 0 atom stereocenters. The van der Waals surface area contributed by atoms with Crippen LogP contribution in [0.1, 0.15) is 74.9 Å². The summed E-state index contributed by atoms with van der Waals surface area (Å²) in [6.45, 7) is 10.1. The van der Waals surface area contributed by atoms with Gasteiger partial charge in [-0.15, -0.1) is 10.2 Å². The minimum absolute atomic E-state index is 0.00629. The van der Waals surface area contributed by atoms with Crippen LogP contribution in [0.25, 0.3) is 27.9 Å². The van der Waals surface area contributed by atoms with Gasteiger partial charge >= 0.3 is 17.9 Å². The number of H-pyrrole nitrogens is 1. The molecule has 1 aromatic carbocycles. The van der Waals surface area contributed by atoms with E-state index in [1.54, 1.807) is 29.3 Å². The number of aromatic amines is 1. The number of nitrogens with one attached hydrogen (secondary N) is 2. The molecule has 5 rings (SSSR count). The second kappa shape index (κ2) is 11.1. The van der Waals surface area contributed by atoms with Crippen molar-refractivity contribution in [1.82, 2.24) is 35.4 Å². The molecule has 3 aromatic heterocycles. The van der Waals surface area contributed by atoms with Crippen molar-refractivity contribution < 1.29 is 23.1 Å². The molecule has 0 saturated heterocycles. The lowest BCUT2D eigenvalue weighted by Gasteiger charge is -2.29. The molecule has 4 heterocycles. The largest absolute Gasteiger partial charge is 0.444 e. The fourth-order valence-corrected chi connectivity index (χ4v) is 4.34. The third-order valence-electron chi connectivity index (χ3n) is 6.48. The Morgan fingerprint density at radius 1 is 1.22 bits per heavy atom. The maximum absolute atomic E-state index is 15.1. The molecule has 4 aromatic rings. The van der Waals surface area contributed by atoms with Gasteiger partial charge in [0.2, 0.25) is 5.89 Å². The molecule has 0 saturated carbocycles. The van der Waals surface area contributed by atoms with Gasteiger partial charge in [-0.1, -0.05) is 32.1 Å². The zero-order valence-electron chi connectivity index (χ0n) is 23.6. The van der Waals surface area contributed by atoms with E-state index in [1.807, 2.05) is 40.7 Å². The quantitative estimate of drug-likeness (QED) is 0.326. The number of pyridine rings is 1. The van der Waals surface area contributed by atoms with Crippen molar-refractivity contribution in [3.05, 3.63) is 65.5 Å². The molecule has 0 spiro atoms. The lowest BCUT2D eigenvalue weighted by molar-refractivity contribution is 0.0270. The summed E-state index contributed by atoms with van der Waals surface area (Å²) < 4.78 is 25.9. The van der Waals surface area contributed by atoms with E-state index in [-0.39, 0.29) is 24.4 Å². The van der Waals surface area contributed by atoms with Crippen molar-refractivity contribution in [1.29, 1.82) is 0 Å². The number of imidazole rings is 1. The molecule has 2 N–H and O–H groups in total. The second-order valence-corrected chi connectivity index (χ2v) is 11.1. The third kappa shape index (κ3) is 6.26. The Morgan fingerprint density at radius 2 is 2.02 bits per heavy atom. The highest BCUT2D eigenvalue weighted by molar-refractivity contribution is 5.91. The second-order valence-electron chi connectivity index (χ2n) is 11.1. The molecule has 0 aliphatic carbocycles. The fourth-order valence-electron chi connectivity index (χ4n) is 4.34. The summed E-state index contributed by atoms with van der Waals surface area (Å²) in [5.74, 6) is -0.199. The number of halogens is 1. The maximum atomic E-state index is 15.1. The standard InChI is InChI=1S/C29H32FN7O4/c1-16(2)26-35-36-27(40-26)25(38)32-15-19-7-6-18(14-21(19)30)20-8-11-31-24-22(20)33-23(34-24)17-9-12-37(13-10-17)28(39)41-29(3,4)5/h6-9,11,14,16H,10,12-13,15H2,1-5H3,(H,32,38)(H,31,33,34). The number of carbonyl (C=O) groups excluding carboxylic acids is 2. The molecular formula is C29H32FN7O4. The van der Waals surface area contributed by atoms with Crippen molar-refractivity contribution in [3.8, 4) is 11.1 Å². The van der Waals surface area contributed by atoms with Crippen molar-refractivity contribution in [2.75, 3.05) is 13.1 Å². The van der Waals surface area contributed by atoms with Crippen LogP contribution >= 0.6 is 0 Å². The minimum atomic E-state index is -0.570. The summed E-state index contributed by atoms with van der Waals surface area (Å²) in [5, 5.41) is 10.2. The molecule has 11 nitrogen and oxygen atoms in total. The van der Waals surface area contributed by atoms with Crippen LogP contribution in [0, 0.1) is 5.82 Å². The Morgan fingerprint density at radius 3 is 2.68 bits per heavy atom. The molecule has 12 heteroatoms. The van der Waals surface area contributed by atoms with E-state index in [9.17, 15) is 9.59 Å². The fraction of sp³-hybridized carbons (Fsp3) is 0.379. The molecule has 0 bridgehead atoms. The molecule has 41 heavy (non-hydrogen) atoms. The Bertz CT molecular complexity index is 1630. The van der Waals surface area contributed by atoms with E-state index >= 15 is 4.39 Å². The third-order valence-corrected chi connectivity index (χ3v) is 6.48. The van der Waals surface area contributed by atoms with Gasteiger partial charge in [0.15, 0.2) is 5.65 Å². The zero-order valence-corrected chi connectivity index (χ0v) is 23.6. The number of aromatic nitrogens is 5. The van der Waals surface area contributed by atoms with Gasteiger partial charge in [0.25, 0.3) is 0 Å². The number of carbonyl (C=O) groups is 2. The van der Waals surface area contributed by atoms with E-state index in [2.05, 4.69) is 25.5 Å². The highest BCUT2D eigenvalue weighted by Gasteiger charge is 2.25. The van der Waals surface area contributed by atoms with Crippen LogP contribution in [-0.4, -0.2) is 60.7 Å². The van der Waals surface area contributed by atoms with Crippen molar-refractivity contribution in [3.63, 3.8) is 0 Å². The van der Waals surface area contributed by atoms with Crippen LogP contribution in [0.3, 0.4) is 0 Å². The number of rotatable bonds is 6. The molecule has 0 unspecified atom stereocenters. The van der Waals surface area contributed by atoms with E-state index in [1.165, 1.54) is 6.07 Å². The molecule has 0 radical (unpaired) electrons. The van der Waals surface area contributed by atoms with Gasteiger partial charge in [0, 0.05) is 42.9 Å². The van der Waals surface area contributed by atoms with Crippen LogP contribution in [0.15, 0.2) is 41.0 Å². The Labute approximate surface area is 236 Å². The summed E-state index contributed by atoms with van der Waals surface area (Å²) >= 11 is 0. The normalized spacial score (nSPS) is 13.9. The molecule has 214 valence electrons. The minimum Gasteiger partial charge on any atom is -0.444 e. The van der Waals surface area contributed by atoms with Crippen molar-refractivity contribution >= 4 is 28.7 Å². The van der Waals surface area contributed by atoms with Crippen LogP contribution in [-0.2, 0) is 11.3 Å². The molecular weight excluding hydrogens is 529 g/mol. The predicted molar refractivity (Wildman–Crippen MR) is 149 cm³/mol. The molecule has 1 aliphatic heterocycles. The number of hydrogen-bond acceptors (Lipinski definition) is 8. The van der Waals surface area contributed by atoms with E-state index in [0.717, 1.165) is 5.57 Å². The van der Waals surface area contributed by atoms with Gasteiger partial charge in [-0.25, -0.2) is 19.2 Å². The van der Waals surface area contributed by atoms with Crippen molar-refractivity contribution in [2.45, 2.75) is 59.1 Å². The van der Waals surface area contributed by atoms with Gasteiger partial charge < -0.3 is 24.4 Å². The first kappa shape index (κ1) is 27.9. The lowest BCUT2D eigenvalue weighted by Crippen LogP contribution is -2.39. The summed E-state index contributed by atoms with van der Waals surface area (Å²) in [5.41, 5.74) is 3.23. The monoisotopic (exact) mass is 561 g/mol. The van der Waals surface area contributed by atoms with Crippen LogP contribution < -0.4 is 5.32 Å². The highest BCUT2D eigenvalue weighted by atomic mass is 19.1. The van der Waals surface area contributed by atoms with Crippen LogP contribution in [0.5, 0.6) is 0 Å². The van der Waals surface area contributed by atoms with E-state index < -0.39 is 17.3 Å².